The largest absolute Gasteiger partial charge is 0.423 e. The average molecular weight is 328 g/mol. The Balaban J connectivity index is 1.32. The molecule has 6 heteroatoms. The molecule has 0 amide bonds. The van der Waals surface area contributed by atoms with E-state index in [1.807, 2.05) is 0 Å². The summed E-state index contributed by atoms with van der Waals surface area (Å²) in [6.45, 7) is 8.50. The molecule has 1 unspecified atom stereocenters. The SMILES string of the molecule is Cc1ccccc1N1CCN(Cc2nnc(C3CCOC3)o2)CC1. The average Bonchev–Trinajstić information content (AvgIpc) is 3.27. The molecule has 2 aromatic rings. The van der Waals surface area contributed by atoms with Crippen molar-refractivity contribution in [3.63, 3.8) is 0 Å². The van der Waals surface area contributed by atoms with Crippen LogP contribution >= 0.6 is 0 Å². The molecule has 6 nitrogen and oxygen atoms in total. The number of aromatic nitrogens is 2. The fraction of sp³-hybridized carbons (Fsp3) is 0.556. The van der Waals surface area contributed by atoms with Crippen LogP contribution in [0.5, 0.6) is 0 Å². The molecule has 2 aliphatic rings. The molecule has 0 N–H and O–H groups in total. The number of hydrogen-bond acceptors (Lipinski definition) is 6. The summed E-state index contributed by atoms with van der Waals surface area (Å²) < 4.78 is 11.2. The summed E-state index contributed by atoms with van der Waals surface area (Å²) in [6, 6.07) is 8.59. The quantitative estimate of drug-likeness (QED) is 0.858. The summed E-state index contributed by atoms with van der Waals surface area (Å²) in [5, 5.41) is 8.42. The van der Waals surface area contributed by atoms with Gasteiger partial charge in [0.2, 0.25) is 11.8 Å². The van der Waals surface area contributed by atoms with Crippen molar-refractivity contribution >= 4 is 5.69 Å². The van der Waals surface area contributed by atoms with Gasteiger partial charge >= 0.3 is 0 Å². The summed E-state index contributed by atoms with van der Waals surface area (Å²) >= 11 is 0. The predicted octanol–water partition coefficient (Wildman–Crippen LogP) is 2.20. The molecule has 1 atom stereocenters. The normalized spacial score (nSPS) is 22.2. The van der Waals surface area contributed by atoms with E-state index in [0.29, 0.717) is 6.61 Å². The highest BCUT2D eigenvalue weighted by atomic mass is 16.5. The van der Waals surface area contributed by atoms with Crippen LogP contribution in [0.1, 0.15) is 29.7 Å². The molecule has 2 saturated heterocycles. The minimum absolute atomic E-state index is 0.282. The lowest BCUT2D eigenvalue weighted by Crippen LogP contribution is -2.46. The second-order valence-electron chi connectivity index (χ2n) is 6.64. The van der Waals surface area contributed by atoms with Crippen molar-refractivity contribution in [3.05, 3.63) is 41.6 Å². The van der Waals surface area contributed by atoms with E-state index in [4.69, 9.17) is 9.15 Å². The van der Waals surface area contributed by atoms with Gasteiger partial charge in [-0.05, 0) is 25.0 Å². The molecule has 4 rings (SSSR count). The Kier molecular flexibility index (Phi) is 4.49. The fourth-order valence-electron chi connectivity index (χ4n) is 3.48. The lowest BCUT2D eigenvalue weighted by Gasteiger charge is -2.36. The van der Waals surface area contributed by atoms with Crippen LogP contribution in [-0.2, 0) is 11.3 Å². The molecular formula is C18H24N4O2. The van der Waals surface area contributed by atoms with Crippen LogP contribution in [-0.4, -0.2) is 54.5 Å². The molecule has 0 radical (unpaired) electrons. The first-order chi connectivity index (χ1) is 11.8. The van der Waals surface area contributed by atoms with Gasteiger partial charge in [0, 0.05) is 38.5 Å². The maximum Gasteiger partial charge on any atom is 0.230 e. The predicted molar refractivity (Wildman–Crippen MR) is 91.1 cm³/mol. The Bertz CT molecular complexity index is 673. The van der Waals surface area contributed by atoms with E-state index >= 15 is 0 Å². The van der Waals surface area contributed by atoms with Crippen LogP contribution in [0.2, 0.25) is 0 Å². The molecule has 0 bridgehead atoms. The van der Waals surface area contributed by atoms with Gasteiger partial charge in [-0.2, -0.15) is 0 Å². The van der Waals surface area contributed by atoms with Gasteiger partial charge < -0.3 is 14.1 Å². The summed E-state index contributed by atoms with van der Waals surface area (Å²) in [4.78, 5) is 4.85. The first-order valence-electron chi connectivity index (χ1n) is 8.72. The number of rotatable bonds is 4. The van der Waals surface area contributed by atoms with Crippen LogP contribution in [0.25, 0.3) is 0 Å². The number of anilines is 1. The fourth-order valence-corrected chi connectivity index (χ4v) is 3.48. The van der Waals surface area contributed by atoms with Crippen molar-refractivity contribution < 1.29 is 9.15 Å². The van der Waals surface area contributed by atoms with Crippen LogP contribution in [0.15, 0.2) is 28.7 Å². The monoisotopic (exact) mass is 328 g/mol. The molecule has 0 aliphatic carbocycles. The van der Waals surface area contributed by atoms with Gasteiger partial charge in [0.1, 0.15) is 0 Å². The van der Waals surface area contributed by atoms with Gasteiger partial charge in [-0.3, -0.25) is 4.90 Å². The third-order valence-corrected chi connectivity index (χ3v) is 4.95. The number of piperazine rings is 1. The number of hydrogen-bond donors (Lipinski definition) is 0. The van der Waals surface area contributed by atoms with Crippen molar-refractivity contribution in [2.24, 2.45) is 0 Å². The molecule has 128 valence electrons. The Labute approximate surface area is 142 Å². The van der Waals surface area contributed by atoms with Crippen molar-refractivity contribution in [2.45, 2.75) is 25.8 Å². The lowest BCUT2D eigenvalue weighted by atomic mass is 10.1. The van der Waals surface area contributed by atoms with Gasteiger partial charge in [0.15, 0.2) is 0 Å². The first kappa shape index (κ1) is 15.6. The molecule has 3 heterocycles. The minimum atomic E-state index is 0.282. The second-order valence-corrected chi connectivity index (χ2v) is 6.64. The zero-order valence-electron chi connectivity index (χ0n) is 14.1. The van der Waals surface area contributed by atoms with Crippen LogP contribution in [0.4, 0.5) is 5.69 Å². The molecule has 0 saturated carbocycles. The van der Waals surface area contributed by atoms with Gasteiger partial charge in [0.25, 0.3) is 0 Å². The van der Waals surface area contributed by atoms with E-state index in [2.05, 4.69) is 51.2 Å². The Morgan fingerprint density at radius 1 is 1.12 bits per heavy atom. The smallest absolute Gasteiger partial charge is 0.230 e. The molecular weight excluding hydrogens is 304 g/mol. The Morgan fingerprint density at radius 3 is 2.71 bits per heavy atom. The van der Waals surface area contributed by atoms with Crippen molar-refractivity contribution in [1.82, 2.24) is 15.1 Å². The highest BCUT2D eigenvalue weighted by Gasteiger charge is 2.25. The third kappa shape index (κ3) is 3.30. The minimum Gasteiger partial charge on any atom is -0.423 e. The van der Waals surface area contributed by atoms with E-state index in [0.717, 1.165) is 57.5 Å². The topological polar surface area (TPSA) is 54.6 Å². The molecule has 1 aromatic heterocycles. The van der Waals surface area contributed by atoms with E-state index in [1.54, 1.807) is 0 Å². The second kappa shape index (κ2) is 6.91. The standard InChI is InChI=1S/C18H24N4O2/c1-14-4-2-3-5-16(14)22-9-7-21(8-10-22)12-17-19-20-18(24-17)15-6-11-23-13-15/h2-5,15H,6-13H2,1H3. The van der Waals surface area contributed by atoms with Crippen molar-refractivity contribution in [1.29, 1.82) is 0 Å². The molecule has 0 spiro atoms. The summed E-state index contributed by atoms with van der Waals surface area (Å²) in [5.41, 5.74) is 2.68. The summed E-state index contributed by atoms with van der Waals surface area (Å²) in [6.07, 6.45) is 0.983. The maximum absolute atomic E-state index is 5.84. The highest BCUT2D eigenvalue weighted by Crippen LogP contribution is 2.25. The van der Waals surface area contributed by atoms with Crippen LogP contribution < -0.4 is 4.90 Å². The first-order valence-corrected chi connectivity index (χ1v) is 8.72. The Hall–Kier alpha value is -1.92. The zero-order valence-corrected chi connectivity index (χ0v) is 14.1. The van der Waals surface area contributed by atoms with E-state index in [9.17, 15) is 0 Å². The molecule has 2 aliphatic heterocycles. The number of aryl methyl sites for hydroxylation is 1. The summed E-state index contributed by atoms with van der Waals surface area (Å²) in [5.74, 6) is 1.74. The van der Waals surface area contributed by atoms with Crippen molar-refractivity contribution in [3.8, 4) is 0 Å². The zero-order chi connectivity index (χ0) is 16.4. The lowest BCUT2D eigenvalue weighted by molar-refractivity contribution is 0.189. The van der Waals surface area contributed by atoms with Crippen molar-refractivity contribution in [2.75, 3.05) is 44.3 Å². The van der Waals surface area contributed by atoms with E-state index in [1.165, 1.54) is 11.3 Å². The Morgan fingerprint density at radius 2 is 1.96 bits per heavy atom. The number of benzene rings is 1. The molecule has 2 fully saturated rings. The molecule has 24 heavy (non-hydrogen) atoms. The van der Waals surface area contributed by atoms with Gasteiger partial charge in [0.05, 0.1) is 19.1 Å². The van der Waals surface area contributed by atoms with Gasteiger partial charge in [-0.1, -0.05) is 18.2 Å². The summed E-state index contributed by atoms with van der Waals surface area (Å²) in [7, 11) is 0. The number of ether oxygens (including phenoxy) is 1. The molecule has 1 aromatic carbocycles. The van der Waals surface area contributed by atoms with E-state index in [-0.39, 0.29) is 5.92 Å². The van der Waals surface area contributed by atoms with Gasteiger partial charge in [-0.25, -0.2) is 0 Å². The maximum atomic E-state index is 5.84. The highest BCUT2D eigenvalue weighted by molar-refractivity contribution is 5.53. The third-order valence-electron chi connectivity index (χ3n) is 4.95. The van der Waals surface area contributed by atoms with Gasteiger partial charge in [-0.15, -0.1) is 10.2 Å². The van der Waals surface area contributed by atoms with E-state index < -0.39 is 0 Å². The van der Waals surface area contributed by atoms with Crippen LogP contribution in [0.3, 0.4) is 0 Å². The number of para-hydroxylation sites is 1. The number of nitrogens with zero attached hydrogens (tertiary/aromatic N) is 4. The van der Waals surface area contributed by atoms with Crippen LogP contribution in [0, 0.1) is 6.92 Å².